The third kappa shape index (κ3) is 4.72. The lowest BCUT2D eigenvalue weighted by molar-refractivity contribution is 0.104. The summed E-state index contributed by atoms with van der Waals surface area (Å²) in [5.74, 6) is 0.486. The van der Waals surface area contributed by atoms with Gasteiger partial charge in [-0.05, 0) is 49.1 Å². The molecule has 3 rings (SSSR count). The van der Waals surface area contributed by atoms with Crippen molar-refractivity contribution in [1.29, 1.82) is 0 Å². The molecule has 1 aliphatic rings. The molecule has 0 radical (unpaired) electrons. The molecule has 0 heterocycles. The fourth-order valence-corrected chi connectivity index (χ4v) is 4.09. The van der Waals surface area contributed by atoms with Crippen LogP contribution in [0.5, 0.6) is 11.5 Å². The third-order valence-corrected chi connectivity index (χ3v) is 5.69. The highest BCUT2D eigenvalue weighted by molar-refractivity contribution is 9.09. The normalized spacial score (nSPS) is 15.7. The van der Waals surface area contributed by atoms with Gasteiger partial charge in [-0.25, -0.2) is 4.39 Å². The smallest absolute Gasteiger partial charge is 0.196 e. The van der Waals surface area contributed by atoms with Crippen molar-refractivity contribution in [3.8, 4) is 11.5 Å². The minimum Gasteiger partial charge on any atom is -0.497 e. The van der Waals surface area contributed by atoms with E-state index in [-0.39, 0.29) is 17.3 Å². The van der Waals surface area contributed by atoms with Crippen LogP contribution in [0.1, 0.15) is 60.0 Å². The first-order valence-corrected chi connectivity index (χ1v) is 11.1. The Labute approximate surface area is 180 Å². The molecule has 1 unspecified atom stereocenters. The fourth-order valence-electron chi connectivity index (χ4n) is 3.69. The van der Waals surface area contributed by atoms with Gasteiger partial charge in [-0.15, -0.1) is 0 Å². The van der Waals surface area contributed by atoms with Crippen molar-refractivity contribution >= 4 is 27.3 Å². The zero-order valence-electron chi connectivity index (χ0n) is 16.8. The highest BCUT2D eigenvalue weighted by atomic mass is 79.9. The second-order valence-corrected chi connectivity index (χ2v) is 7.90. The SMILES string of the molecule is CCCOc1ccc(F)c2c1C(CCCCBr)C=C(c1ccc(OC)cc1)C2=O. The first-order chi connectivity index (χ1) is 14.1. The quantitative estimate of drug-likeness (QED) is 0.314. The Hall–Kier alpha value is -2.14. The molecule has 3 nitrogen and oxygen atoms in total. The molecule has 5 heteroatoms. The van der Waals surface area contributed by atoms with Crippen LogP contribution < -0.4 is 9.47 Å². The summed E-state index contributed by atoms with van der Waals surface area (Å²) in [6.45, 7) is 2.56. The molecule has 0 aliphatic heterocycles. The number of unbranched alkanes of at least 4 members (excludes halogenated alkanes) is 1. The predicted octanol–water partition coefficient (Wildman–Crippen LogP) is 6.55. The minimum atomic E-state index is -0.488. The van der Waals surface area contributed by atoms with Gasteiger partial charge in [0.25, 0.3) is 0 Å². The summed E-state index contributed by atoms with van der Waals surface area (Å²) in [5.41, 5.74) is 2.15. The van der Waals surface area contributed by atoms with Gasteiger partial charge in [0.15, 0.2) is 5.78 Å². The number of methoxy groups -OCH3 is 1. The van der Waals surface area contributed by atoms with Gasteiger partial charge < -0.3 is 9.47 Å². The number of hydrogen-bond acceptors (Lipinski definition) is 3. The number of ether oxygens (including phenoxy) is 2. The number of alkyl halides is 1. The molecule has 0 bridgehead atoms. The summed E-state index contributed by atoms with van der Waals surface area (Å²) in [6, 6.07) is 10.3. The zero-order chi connectivity index (χ0) is 20.8. The number of fused-ring (bicyclic) bond motifs is 1. The molecule has 154 valence electrons. The molecule has 0 spiro atoms. The lowest BCUT2D eigenvalue weighted by Gasteiger charge is -2.27. The molecule has 1 aliphatic carbocycles. The number of allylic oxidation sites excluding steroid dienone is 2. The maximum atomic E-state index is 14.9. The standard InChI is InChI=1S/C24H26BrFO3/c1-3-14-29-21-12-11-20(26)23-22(21)17(6-4-5-13-25)15-19(24(23)27)16-7-9-18(28-2)10-8-16/h7-12,15,17H,3-6,13-14H2,1-2H3. The Morgan fingerprint density at radius 3 is 2.52 bits per heavy atom. The number of benzene rings is 2. The summed E-state index contributed by atoms with van der Waals surface area (Å²) >= 11 is 3.47. The third-order valence-electron chi connectivity index (χ3n) is 5.13. The van der Waals surface area contributed by atoms with Crippen LogP contribution in [0.4, 0.5) is 4.39 Å². The van der Waals surface area contributed by atoms with Gasteiger partial charge in [0.05, 0.1) is 19.3 Å². The first-order valence-electron chi connectivity index (χ1n) is 10.0. The summed E-state index contributed by atoms with van der Waals surface area (Å²) in [4.78, 5) is 13.3. The summed E-state index contributed by atoms with van der Waals surface area (Å²) < 4.78 is 26.0. The Kier molecular flexibility index (Phi) is 7.48. The molecule has 29 heavy (non-hydrogen) atoms. The molecule has 0 aromatic heterocycles. The lowest BCUT2D eigenvalue weighted by atomic mass is 9.78. The average molecular weight is 461 g/mol. The van der Waals surface area contributed by atoms with Crippen molar-refractivity contribution in [1.82, 2.24) is 0 Å². The maximum absolute atomic E-state index is 14.9. The van der Waals surface area contributed by atoms with E-state index in [2.05, 4.69) is 15.9 Å². The zero-order valence-corrected chi connectivity index (χ0v) is 18.4. The predicted molar refractivity (Wildman–Crippen MR) is 118 cm³/mol. The van der Waals surface area contributed by atoms with Crippen molar-refractivity contribution in [3.63, 3.8) is 0 Å². The van der Waals surface area contributed by atoms with Gasteiger partial charge in [0.2, 0.25) is 0 Å². The second-order valence-electron chi connectivity index (χ2n) is 7.11. The van der Waals surface area contributed by atoms with E-state index in [0.717, 1.165) is 36.6 Å². The van der Waals surface area contributed by atoms with Crippen LogP contribution in [0, 0.1) is 5.82 Å². The molecule has 1 atom stereocenters. The van der Waals surface area contributed by atoms with Gasteiger partial charge >= 0.3 is 0 Å². The number of ketones is 1. The van der Waals surface area contributed by atoms with E-state index in [0.29, 0.717) is 29.2 Å². The molecule has 2 aromatic carbocycles. The first kappa shape index (κ1) is 21.6. The molecule has 0 saturated carbocycles. The number of carbonyl (C=O) groups is 1. The van der Waals surface area contributed by atoms with E-state index < -0.39 is 5.82 Å². The summed E-state index contributed by atoms with van der Waals surface area (Å²) in [5, 5.41) is 0.920. The maximum Gasteiger partial charge on any atom is 0.196 e. The van der Waals surface area contributed by atoms with Crippen LogP contribution in [0.25, 0.3) is 5.57 Å². The molecule has 0 N–H and O–H groups in total. The van der Waals surface area contributed by atoms with E-state index in [1.165, 1.54) is 6.07 Å². The van der Waals surface area contributed by atoms with Crippen LogP contribution in [0.3, 0.4) is 0 Å². The van der Waals surface area contributed by atoms with Crippen molar-refractivity contribution < 1.29 is 18.7 Å². The largest absolute Gasteiger partial charge is 0.497 e. The van der Waals surface area contributed by atoms with Crippen molar-refractivity contribution in [2.75, 3.05) is 19.0 Å². The lowest BCUT2D eigenvalue weighted by Crippen LogP contribution is -2.19. The van der Waals surface area contributed by atoms with Crippen LogP contribution in [0.15, 0.2) is 42.5 Å². The monoisotopic (exact) mass is 460 g/mol. The molecule has 0 amide bonds. The van der Waals surface area contributed by atoms with E-state index in [4.69, 9.17) is 9.47 Å². The molecule has 2 aromatic rings. The van der Waals surface area contributed by atoms with E-state index in [1.807, 2.05) is 37.3 Å². The van der Waals surface area contributed by atoms with Gasteiger partial charge in [-0.2, -0.15) is 0 Å². The number of hydrogen-bond donors (Lipinski definition) is 0. The highest BCUT2D eigenvalue weighted by Crippen LogP contribution is 2.43. The van der Waals surface area contributed by atoms with Crippen molar-refractivity contribution in [3.05, 3.63) is 65.0 Å². The van der Waals surface area contributed by atoms with E-state index >= 15 is 0 Å². The molecular formula is C24H26BrFO3. The van der Waals surface area contributed by atoms with Gasteiger partial charge in [-0.3, -0.25) is 4.79 Å². The molecular weight excluding hydrogens is 435 g/mol. The highest BCUT2D eigenvalue weighted by Gasteiger charge is 2.33. The Morgan fingerprint density at radius 1 is 1.10 bits per heavy atom. The van der Waals surface area contributed by atoms with Gasteiger partial charge in [0, 0.05) is 22.4 Å². The number of rotatable bonds is 9. The van der Waals surface area contributed by atoms with Crippen LogP contribution in [-0.2, 0) is 0 Å². The minimum absolute atomic E-state index is 0.0681. The van der Waals surface area contributed by atoms with E-state index in [1.54, 1.807) is 13.2 Å². The van der Waals surface area contributed by atoms with Gasteiger partial charge in [0.1, 0.15) is 17.3 Å². The van der Waals surface area contributed by atoms with E-state index in [9.17, 15) is 9.18 Å². The van der Waals surface area contributed by atoms with Crippen molar-refractivity contribution in [2.24, 2.45) is 0 Å². The Morgan fingerprint density at radius 2 is 1.86 bits per heavy atom. The fraction of sp³-hybridized carbons (Fsp3) is 0.375. The topological polar surface area (TPSA) is 35.5 Å². The summed E-state index contributed by atoms with van der Waals surface area (Å²) in [6.07, 6.45) is 5.66. The Bertz CT molecular complexity index is 890. The van der Waals surface area contributed by atoms with Gasteiger partial charge in [-0.1, -0.05) is 47.5 Å². The molecule has 0 saturated heterocycles. The number of Topliss-reactive ketones (excluding diaryl/α,β-unsaturated/α-hetero) is 1. The van der Waals surface area contributed by atoms with Crippen LogP contribution in [0.2, 0.25) is 0 Å². The average Bonchev–Trinajstić information content (AvgIpc) is 2.74. The van der Waals surface area contributed by atoms with Crippen LogP contribution in [-0.4, -0.2) is 24.8 Å². The number of carbonyl (C=O) groups excluding carboxylic acids is 1. The Balaban J connectivity index is 2.07. The van der Waals surface area contributed by atoms with Crippen molar-refractivity contribution in [2.45, 2.75) is 38.5 Å². The summed E-state index contributed by atoms with van der Waals surface area (Å²) in [7, 11) is 1.60. The second kappa shape index (κ2) is 10.1. The van der Waals surface area contributed by atoms with Crippen LogP contribution >= 0.6 is 15.9 Å². The molecule has 0 fully saturated rings. The number of halogens is 2.